The molecule has 2 amide bonds. The van der Waals surface area contributed by atoms with Gasteiger partial charge < -0.3 is 20.9 Å². The van der Waals surface area contributed by atoms with E-state index in [1.165, 1.54) is 17.0 Å². The van der Waals surface area contributed by atoms with Crippen LogP contribution in [0.3, 0.4) is 0 Å². The number of hydrogen-bond acceptors (Lipinski definition) is 6. The second-order valence-corrected chi connectivity index (χ2v) is 8.50. The molecule has 0 fully saturated rings. The van der Waals surface area contributed by atoms with Crippen molar-refractivity contribution in [1.29, 1.82) is 0 Å². The SMILES string of the molecule is C=C/C=C(\C=C)C1CC2(N=C(N)N(C)C2=O)c2cc(-c3ccc(F)c(C(=O)NCCO)c3)ccc2O1. The number of carbonyl (C=O) groups excluding carboxylic acids is 2. The smallest absolute Gasteiger partial charge is 0.261 e. The number of fused-ring (bicyclic) bond motifs is 2. The molecule has 1 spiro atoms. The lowest BCUT2D eigenvalue weighted by Crippen LogP contribution is -2.46. The molecule has 36 heavy (non-hydrogen) atoms. The number of allylic oxidation sites excluding steroid dienone is 2. The molecule has 186 valence electrons. The van der Waals surface area contributed by atoms with Gasteiger partial charge in [0.25, 0.3) is 11.8 Å². The van der Waals surface area contributed by atoms with E-state index in [1.807, 2.05) is 0 Å². The number of rotatable bonds is 7. The standard InChI is InChI=1S/C27H27FN4O4/c1-4-6-16(5-2)23-15-27(25(35)32(3)26(29)31-27)20-14-18(8-10-22(20)36-23)17-7-9-21(28)19(13-17)24(34)30-11-12-33/h4-10,13-14,23,33H,1-2,11-12,15H2,3H3,(H2,29,31)(H,30,34)/b16-6+. The number of aliphatic hydroxyl groups is 1. The van der Waals surface area contributed by atoms with E-state index in [9.17, 15) is 14.0 Å². The van der Waals surface area contributed by atoms with Crippen molar-refractivity contribution in [3.05, 3.63) is 90.3 Å². The predicted molar refractivity (Wildman–Crippen MR) is 135 cm³/mol. The topological polar surface area (TPSA) is 117 Å². The Bertz CT molecular complexity index is 1320. The molecule has 4 N–H and O–H groups in total. The van der Waals surface area contributed by atoms with Crippen LogP contribution < -0.4 is 15.8 Å². The second kappa shape index (κ2) is 9.79. The fourth-order valence-electron chi connectivity index (χ4n) is 4.49. The van der Waals surface area contributed by atoms with Crippen LogP contribution in [-0.4, -0.2) is 54.1 Å². The summed E-state index contributed by atoms with van der Waals surface area (Å²) < 4.78 is 20.6. The first-order chi connectivity index (χ1) is 17.2. The largest absolute Gasteiger partial charge is 0.485 e. The maximum atomic E-state index is 14.4. The number of hydrogen-bond donors (Lipinski definition) is 3. The average Bonchev–Trinajstić information content (AvgIpc) is 3.09. The Morgan fingerprint density at radius 1 is 1.33 bits per heavy atom. The van der Waals surface area contributed by atoms with Gasteiger partial charge >= 0.3 is 0 Å². The molecule has 2 aliphatic rings. The van der Waals surface area contributed by atoms with E-state index in [4.69, 9.17) is 15.6 Å². The molecule has 4 rings (SSSR count). The highest BCUT2D eigenvalue weighted by Crippen LogP contribution is 2.48. The summed E-state index contributed by atoms with van der Waals surface area (Å²) >= 11 is 0. The van der Waals surface area contributed by atoms with Crippen molar-refractivity contribution >= 4 is 17.8 Å². The van der Waals surface area contributed by atoms with E-state index in [2.05, 4.69) is 23.5 Å². The van der Waals surface area contributed by atoms with Crippen LogP contribution in [-0.2, 0) is 10.3 Å². The third kappa shape index (κ3) is 4.18. The lowest BCUT2D eigenvalue weighted by atomic mass is 9.79. The van der Waals surface area contributed by atoms with Crippen LogP contribution in [0.5, 0.6) is 5.75 Å². The normalized spacial score (nSPS) is 21.0. The van der Waals surface area contributed by atoms with Crippen molar-refractivity contribution in [3.63, 3.8) is 0 Å². The van der Waals surface area contributed by atoms with E-state index in [0.717, 1.165) is 5.57 Å². The highest BCUT2D eigenvalue weighted by molar-refractivity contribution is 6.07. The fourth-order valence-corrected chi connectivity index (χ4v) is 4.49. The summed E-state index contributed by atoms with van der Waals surface area (Å²) in [6, 6.07) is 9.41. The van der Waals surface area contributed by atoms with Gasteiger partial charge in [-0.15, -0.1) is 0 Å². The van der Waals surface area contributed by atoms with Crippen molar-refractivity contribution in [2.75, 3.05) is 20.2 Å². The molecule has 0 aromatic heterocycles. The summed E-state index contributed by atoms with van der Waals surface area (Å²) in [6.45, 7) is 7.32. The molecule has 2 aromatic carbocycles. The Balaban J connectivity index is 1.83. The molecule has 2 aliphatic heterocycles. The molecule has 0 radical (unpaired) electrons. The number of aliphatic imine (C=N–C) groups is 1. The summed E-state index contributed by atoms with van der Waals surface area (Å²) in [7, 11) is 1.56. The number of amides is 2. The summed E-state index contributed by atoms with van der Waals surface area (Å²) in [5, 5.41) is 11.4. The Kier molecular flexibility index (Phi) is 6.76. The van der Waals surface area contributed by atoms with Crippen LogP contribution in [0.25, 0.3) is 11.1 Å². The number of ether oxygens (including phenoxy) is 1. The van der Waals surface area contributed by atoms with Crippen molar-refractivity contribution < 1.29 is 23.8 Å². The Morgan fingerprint density at radius 3 is 2.69 bits per heavy atom. The van der Waals surface area contributed by atoms with Crippen LogP contribution in [0.2, 0.25) is 0 Å². The summed E-state index contributed by atoms with van der Waals surface area (Å²) in [4.78, 5) is 31.8. The lowest BCUT2D eigenvalue weighted by molar-refractivity contribution is -0.132. The first kappa shape index (κ1) is 24.9. The van der Waals surface area contributed by atoms with Crippen LogP contribution in [0.15, 0.2) is 78.3 Å². The number of nitrogens with one attached hydrogen (secondary N) is 1. The number of likely N-dealkylation sites (N-methyl/N-ethyl adjacent to an activating group) is 1. The quantitative estimate of drug-likeness (QED) is 0.516. The monoisotopic (exact) mass is 490 g/mol. The minimum atomic E-state index is -1.32. The van der Waals surface area contributed by atoms with Gasteiger partial charge in [-0.2, -0.15) is 0 Å². The van der Waals surface area contributed by atoms with Gasteiger partial charge in [-0.25, -0.2) is 9.38 Å². The summed E-state index contributed by atoms with van der Waals surface area (Å²) in [5.74, 6) is -1.08. The van der Waals surface area contributed by atoms with E-state index in [-0.39, 0.29) is 37.0 Å². The molecule has 9 heteroatoms. The molecular formula is C27H27FN4O4. The Hall–Kier alpha value is -4.24. The zero-order chi connectivity index (χ0) is 26.0. The molecule has 0 bridgehead atoms. The number of carbonyl (C=O) groups is 2. The molecule has 2 aromatic rings. The van der Waals surface area contributed by atoms with Crippen LogP contribution >= 0.6 is 0 Å². The third-order valence-corrected chi connectivity index (χ3v) is 6.34. The maximum Gasteiger partial charge on any atom is 0.261 e. The minimum Gasteiger partial charge on any atom is -0.485 e. The van der Waals surface area contributed by atoms with E-state index >= 15 is 0 Å². The van der Waals surface area contributed by atoms with Gasteiger partial charge in [0.2, 0.25) is 0 Å². The number of guanidine groups is 1. The van der Waals surface area contributed by atoms with E-state index in [1.54, 1.807) is 49.5 Å². The Labute approximate surface area is 208 Å². The number of nitrogens with two attached hydrogens (primary N) is 1. The van der Waals surface area contributed by atoms with Gasteiger partial charge in [0.15, 0.2) is 11.5 Å². The van der Waals surface area contributed by atoms with Gasteiger partial charge in [0, 0.05) is 25.6 Å². The van der Waals surface area contributed by atoms with E-state index in [0.29, 0.717) is 22.4 Å². The zero-order valence-corrected chi connectivity index (χ0v) is 19.8. The van der Waals surface area contributed by atoms with Crippen LogP contribution in [0.1, 0.15) is 22.3 Å². The zero-order valence-electron chi connectivity index (χ0n) is 19.8. The summed E-state index contributed by atoms with van der Waals surface area (Å²) in [6.07, 6.45) is 4.71. The van der Waals surface area contributed by atoms with Gasteiger partial charge in [-0.1, -0.05) is 43.5 Å². The number of benzene rings is 2. The fraction of sp³-hybridized carbons (Fsp3) is 0.222. The third-order valence-electron chi connectivity index (χ3n) is 6.34. The lowest BCUT2D eigenvalue weighted by Gasteiger charge is -2.37. The first-order valence-corrected chi connectivity index (χ1v) is 11.3. The molecule has 2 unspecified atom stereocenters. The molecule has 0 saturated carbocycles. The van der Waals surface area contributed by atoms with Gasteiger partial charge in [-0.05, 0) is 41.0 Å². The molecule has 0 aliphatic carbocycles. The summed E-state index contributed by atoms with van der Waals surface area (Å²) in [5.41, 5.74) is 7.03. The molecule has 0 saturated heterocycles. The second-order valence-electron chi connectivity index (χ2n) is 8.50. The van der Waals surface area contributed by atoms with E-state index < -0.39 is 23.4 Å². The van der Waals surface area contributed by atoms with Crippen molar-refractivity contribution in [1.82, 2.24) is 10.2 Å². The molecule has 8 nitrogen and oxygen atoms in total. The minimum absolute atomic E-state index is 0.00439. The maximum absolute atomic E-state index is 14.4. The number of nitrogens with zero attached hydrogens (tertiary/aromatic N) is 2. The van der Waals surface area contributed by atoms with Gasteiger partial charge in [0.05, 0.1) is 12.2 Å². The average molecular weight is 491 g/mol. The van der Waals surface area contributed by atoms with Crippen molar-refractivity contribution in [2.45, 2.75) is 18.1 Å². The predicted octanol–water partition coefficient (Wildman–Crippen LogP) is 2.65. The highest BCUT2D eigenvalue weighted by Gasteiger charge is 2.53. The number of aliphatic hydroxyl groups excluding tert-OH is 1. The number of halogens is 1. The molecular weight excluding hydrogens is 463 g/mol. The highest BCUT2D eigenvalue weighted by atomic mass is 19.1. The van der Waals surface area contributed by atoms with Crippen LogP contribution in [0.4, 0.5) is 4.39 Å². The van der Waals surface area contributed by atoms with Crippen LogP contribution in [0, 0.1) is 5.82 Å². The van der Waals surface area contributed by atoms with Crippen molar-refractivity contribution in [3.8, 4) is 16.9 Å². The van der Waals surface area contributed by atoms with Crippen molar-refractivity contribution in [2.24, 2.45) is 10.7 Å². The van der Waals surface area contributed by atoms with Gasteiger partial charge in [0.1, 0.15) is 17.7 Å². The first-order valence-electron chi connectivity index (χ1n) is 11.3. The van der Waals surface area contributed by atoms with Gasteiger partial charge in [-0.3, -0.25) is 14.5 Å². The molecule has 2 atom stereocenters. The Morgan fingerprint density at radius 2 is 2.06 bits per heavy atom. The molecule has 2 heterocycles.